The third kappa shape index (κ3) is 22.8. The molecule has 2 unspecified atom stereocenters. The summed E-state index contributed by atoms with van der Waals surface area (Å²) in [5, 5.41) is 11.5. The second kappa shape index (κ2) is 24.8. The van der Waals surface area contributed by atoms with Gasteiger partial charge >= 0.3 is 11.9 Å². The molecule has 0 spiro atoms. The SMILES string of the molecule is CCC/C=C\CCCCCCCC(=O)OC(COCCC(C(=O)[O-])[N+](C)(C)C)COC(=O)CCCCCCCC. The lowest BCUT2D eigenvalue weighted by atomic mass is 10.1. The maximum Gasteiger partial charge on any atom is 0.306 e. The molecule has 0 N–H and O–H groups in total. The average Bonchev–Trinajstić information content (AvgIpc) is 2.89. The highest BCUT2D eigenvalue weighted by Crippen LogP contribution is 2.12. The molecule has 2 atom stereocenters. The van der Waals surface area contributed by atoms with Crippen molar-refractivity contribution in [3.05, 3.63) is 12.2 Å². The highest BCUT2D eigenvalue weighted by atomic mass is 16.6. The van der Waals surface area contributed by atoms with Crippen LogP contribution in [0.3, 0.4) is 0 Å². The molecule has 40 heavy (non-hydrogen) atoms. The number of quaternary nitrogens is 1. The average molecular weight is 570 g/mol. The van der Waals surface area contributed by atoms with Crippen LogP contribution in [0.1, 0.15) is 123 Å². The molecule has 0 aromatic rings. The number of carboxylic acid groups (broad SMARTS) is 1. The Kier molecular flexibility index (Phi) is 23.6. The van der Waals surface area contributed by atoms with Gasteiger partial charge in [-0.1, -0.05) is 83.8 Å². The summed E-state index contributed by atoms with van der Waals surface area (Å²) >= 11 is 0. The molecule has 234 valence electrons. The number of carboxylic acids is 1. The zero-order valence-corrected chi connectivity index (χ0v) is 26.3. The fraction of sp³-hybridized carbons (Fsp3) is 0.844. The van der Waals surface area contributed by atoms with E-state index in [1.165, 1.54) is 32.1 Å². The van der Waals surface area contributed by atoms with E-state index in [2.05, 4.69) is 26.0 Å². The number of carbonyl (C=O) groups excluding carboxylic acids is 3. The van der Waals surface area contributed by atoms with Gasteiger partial charge in [-0.3, -0.25) is 9.59 Å². The van der Waals surface area contributed by atoms with Gasteiger partial charge in [-0.2, -0.15) is 0 Å². The number of carbonyl (C=O) groups is 3. The summed E-state index contributed by atoms with van der Waals surface area (Å²) in [6, 6.07) is -0.719. The van der Waals surface area contributed by atoms with E-state index in [1.807, 2.05) is 0 Å². The van der Waals surface area contributed by atoms with Crippen molar-refractivity contribution in [2.45, 2.75) is 135 Å². The predicted octanol–water partition coefficient (Wildman–Crippen LogP) is 5.51. The van der Waals surface area contributed by atoms with Crippen molar-refractivity contribution >= 4 is 17.9 Å². The van der Waals surface area contributed by atoms with Gasteiger partial charge in [0.1, 0.15) is 12.6 Å². The molecule has 0 saturated heterocycles. The third-order valence-corrected chi connectivity index (χ3v) is 6.88. The number of likely N-dealkylation sites (N-methyl/N-ethyl adjacent to an activating group) is 1. The maximum atomic E-state index is 12.5. The van der Waals surface area contributed by atoms with Gasteiger partial charge < -0.3 is 28.6 Å². The molecule has 0 heterocycles. The van der Waals surface area contributed by atoms with Gasteiger partial charge in [0.2, 0.25) is 0 Å². The van der Waals surface area contributed by atoms with Crippen LogP contribution in [0.4, 0.5) is 0 Å². The highest BCUT2D eigenvalue weighted by Gasteiger charge is 2.25. The van der Waals surface area contributed by atoms with Crippen LogP contribution < -0.4 is 5.11 Å². The first-order chi connectivity index (χ1) is 19.1. The number of hydrogen-bond acceptors (Lipinski definition) is 7. The molecule has 0 aliphatic rings. The summed E-state index contributed by atoms with van der Waals surface area (Å²) < 4.78 is 16.9. The van der Waals surface area contributed by atoms with E-state index in [4.69, 9.17) is 14.2 Å². The number of aliphatic carboxylic acids is 1. The maximum absolute atomic E-state index is 12.5. The lowest BCUT2D eigenvalue weighted by Crippen LogP contribution is -2.55. The summed E-state index contributed by atoms with van der Waals surface area (Å²) in [4.78, 5) is 36.2. The molecule has 0 aliphatic carbocycles. The summed E-state index contributed by atoms with van der Waals surface area (Å²) in [5.41, 5.74) is 0. The van der Waals surface area contributed by atoms with Gasteiger partial charge in [0.15, 0.2) is 6.10 Å². The van der Waals surface area contributed by atoms with Gasteiger partial charge in [0.25, 0.3) is 0 Å². The Labute approximate surface area is 244 Å². The fourth-order valence-electron chi connectivity index (χ4n) is 4.36. The molecule has 0 fully saturated rings. The van der Waals surface area contributed by atoms with E-state index in [0.29, 0.717) is 12.8 Å². The first kappa shape index (κ1) is 38.1. The van der Waals surface area contributed by atoms with E-state index in [9.17, 15) is 19.5 Å². The van der Waals surface area contributed by atoms with Crippen molar-refractivity contribution in [3.63, 3.8) is 0 Å². The Balaban J connectivity index is 4.52. The molecular formula is C32H59NO7. The molecule has 0 rings (SSSR count). The molecule has 0 bridgehead atoms. The molecule has 0 aliphatic heterocycles. The van der Waals surface area contributed by atoms with Crippen LogP contribution in [0.25, 0.3) is 0 Å². The number of ether oxygens (including phenoxy) is 3. The van der Waals surface area contributed by atoms with Crippen molar-refractivity contribution < 1.29 is 38.2 Å². The lowest BCUT2D eigenvalue weighted by molar-refractivity contribution is -0.889. The van der Waals surface area contributed by atoms with Crippen molar-refractivity contribution in [3.8, 4) is 0 Å². The van der Waals surface area contributed by atoms with Crippen molar-refractivity contribution in [1.29, 1.82) is 0 Å². The Morgan fingerprint density at radius 2 is 1.30 bits per heavy atom. The third-order valence-electron chi connectivity index (χ3n) is 6.88. The highest BCUT2D eigenvalue weighted by molar-refractivity contribution is 5.70. The van der Waals surface area contributed by atoms with Gasteiger partial charge in [-0.05, 0) is 32.1 Å². The quantitative estimate of drug-likeness (QED) is 0.0556. The zero-order chi connectivity index (χ0) is 30.1. The molecule has 0 saturated carbocycles. The largest absolute Gasteiger partial charge is 0.544 e. The second-order valence-electron chi connectivity index (χ2n) is 11.7. The Morgan fingerprint density at radius 3 is 1.90 bits per heavy atom. The Bertz CT molecular complexity index is 687. The van der Waals surface area contributed by atoms with Crippen LogP contribution in [0.2, 0.25) is 0 Å². The van der Waals surface area contributed by atoms with Gasteiger partial charge in [0, 0.05) is 19.3 Å². The minimum absolute atomic E-state index is 0.0402. The molecule has 8 nitrogen and oxygen atoms in total. The monoisotopic (exact) mass is 569 g/mol. The molecule has 0 aromatic carbocycles. The van der Waals surface area contributed by atoms with Gasteiger partial charge in [0.05, 0.1) is 40.3 Å². The van der Waals surface area contributed by atoms with Crippen molar-refractivity contribution in [2.75, 3.05) is 41.0 Å². The topological polar surface area (TPSA) is 102 Å². The smallest absolute Gasteiger partial charge is 0.306 e. The Morgan fingerprint density at radius 1 is 0.725 bits per heavy atom. The van der Waals surface area contributed by atoms with Crippen molar-refractivity contribution in [2.24, 2.45) is 0 Å². The summed E-state index contributed by atoms with van der Waals surface area (Å²) in [5.74, 6) is -1.76. The Hall–Kier alpha value is -1.93. The summed E-state index contributed by atoms with van der Waals surface area (Å²) in [6.45, 7) is 4.49. The minimum atomic E-state index is -1.13. The first-order valence-electron chi connectivity index (χ1n) is 15.7. The number of unbranched alkanes of at least 4 members (excludes halogenated alkanes) is 11. The van der Waals surface area contributed by atoms with E-state index < -0.39 is 18.1 Å². The summed E-state index contributed by atoms with van der Waals surface area (Å²) in [6.07, 6.45) is 19.7. The first-order valence-corrected chi connectivity index (χ1v) is 15.7. The van der Waals surface area contributed by atoms with Gasteiger partial charge in [-0.15, -0.1) is 0 Å². The van der Waals surface area contributed by atoms with E-state index in [1.54, 1.807) is 21.1 Å². The molecule has 0 radical (unpaired) electrons. The predicted molar refractivity (Wildman–Crippen MR) is 157 cm³/mol. The normalized spacial score (nSPS) is 13.3. The van der Waals surface area contributed by atoms with Crippen LogP contribution in [-0.4, -0.2) is 75.5 Å². The summed E-state index contributed by atoms with van der Waals surface area (Å²) in [7, 11) is 5.37. The zero-order valence-electron chi connectivity index (χ0n) is 26.3. The molecule has 0 amide bonds. The van der Waals surface area contributed by atoms with Gasteiger partial charge in [-0.25, -0.2) is 0 Å². The van der Waals surface area contributed by atoms with Crippen LogP contribution >= 0.6 is 0 Å². The molecular weight excluding hydrogens is 510 g/mol. The minimum Gasteiger partial charge on any atom is -0.544 e. The van der Waals surface area contributed by atoms with E-state index >= 15 is 0 Å². The van der Waals surface area contributed by atoms with E-state index in [-0.39, 0.29) is 42.7 Å². The van der Waals surface area contributed by atoms with Crippen LogP contribution in [0.15, 0.2) is 12.2 Å². The molecule has 0 aromatic heterocycles. The number of hydrogen-bond donors (Lipinski definition) is 0. The molecule has 8 heteroatoms. The van der Waals surface area contributed by atoms with Crippen LogP contribution in [0, 0.1) is 0 Å². The number of nitrogens with zero attached hydrogens (tertiary/aromatic N) is 1. The number of rotatable bonds is 27. The van der Waals surface area contributed by atoms with Crippen LogP contribution in [-0.2, 0) is 28.6 Å². The second-order valence-corrected chi connectivity index (χ2v) is 11.7. The van der Waals surface area contributed by atoms with Crippen LogP contribution in [0.5, 0.6) is 0 Å². The van der Waals surface area contributed by atoms with Crippen molar-refractivity contribution in [1.82, 2.24) is 0 Å². The number of allylic oxidation sites excluding steroid dienone is 2. The fourth-order valence-corrected chi connectivity index (χ4v) is 4.36. The standard InChI is InChI=1S/C32H59NO7/c1-6-8-10-12-14-15-16-17-19-21-23-31(35)40-28(26-38-25-24-29(32(36)37)33(3,4)5)27-39-30(34)22-20-18-13-11-9-7-2/h10,12,28-29H,6-9,11,13-27H2,1-5H3/b12-10-. The van der Waals surface area contributed by atoms with E-state index in [0.717, 1.165) is 57.8 Å². The lowest BCUT2D eigenvalue weighted by Gasteiger charge is -2.34. The number of esters is 2.